The zero-order valence-electron chi connectivity index (χ0n) is 23.6. The number of aromatic nitrogens is 2. The third kappa shape index (κ3) is 6.15. The van der Waals surface area contributed by atoms with Crippen LogP contribution in [0.4, 0.5) is 11.4 Å². The normalized spacial score (nSPS) is 11.4. The van der Waals surface area contributed by atoms with Gasteiger partial charge in [0.2, 0.25) is 5.82 Å². The van der Waals surface area contributed by atoms with Gasteiger partial charge in [-0.3, -0.25) is 9.59 Å². The summed E-state index contributed by atoms with van der Waals surface area (Å²) in [4.78, 5) is 33.0. The molecule has 6 aromatic rings. The zero-order valence-corrected chi connectivity index (χ0v) is 25.1. The molecule has 2 aromatic heterocycles. The van der Waals surface area contributed by atoms with Crippen LogP contribution >= 0.6 is 23.2 Å². The summed E-state index contributed by atoms with van der Waals surface area (Å²) >= 11 is 12.1. The summed E-state index contributed by atoms with van der Waals surface area (Å²) in [6.45, 7) is -0.259. The van der Waals surface area contributed by atoms with Gasteiger partial charge in [0.15, 0.2) is 12.4 Å². The van der Waals surface area contributed by atoms with E-state index in [-0.39, 0.29) is 23.9 Å². The number of hydrogen-bond acceptors (Lipinski definition) is 7. The van der Waals surface area contributed by atoms with Crippen molar-refractivity contribution in [2.75, 3.05) is 30.9 Å². The van der Waals surface area contributed by atoms with Crippen molar-refractivity contribution in [1.29, 1.82) is 0 Å². The lowest BCUT2D eigenvalue weighted by Crippen LogP contribution is -2.21. The molecule has 0 atom stereocenters. The van der Waals surface area contributed by atoms with Crippen molar-refractivity contribution in [2.45, 2.75) is 0 Å². The van der Waals surface area contributed by atoms with E-state index in [2.05, 4.69) is 10.4 Å². The Hall–Kier alpha value is -5.12. The second-order valence-electron chi connectivity index (χ2n) is 10.1. The minimum Gasteiger partial charge on any atom is -0.483 e. The first-order valence-electron chi connectivity index (χ1n) is 13.5. The van der Waals surface area contributed by atoms with E-state index in [1.165, 1.54) is 10.9 Å². The molecule has 0 spiro atoms. The van der Waals surface area contributed by atoms with Crippen molar-refractivity contribution in [3.8, 4) is 17.3 Å². The smallest absolute Gasteiger partial charge is 0.282 e. The van der Waals surface area contributed by atoms with Gasteiger partial charge in [0.1, 0.15) is 11.3 Å². The van der Waals surface area contributed by atoms with Crippen molar-refractivity contribution in [2.24, 2.45) is 5.10 Å². The minimum atomic E-state index is -0.380. The minimum absolute atomic E-state index is 0.215. The Labute approximate surface area is 261 Å². The van der Waals surface area contributed by atoms with E-state index in [1.54, 1.807) is 78.9 Å². The Bertz CT molecular complexity index is 2100. The lowest BCUT2D eigenvalue weighted by atomic mass is 10.2. The Morgan fingerprint density at radius 2 is 1.77 bits per heavy atom. The number of amides is 1. The molecule has 0 radical (unpaired) electrons. The molecule has 220 valence electrons. The Kier molecular flexibility index (Phi) is 8.06. The Balaban J connectivity index is 1.37. The van der Waals surface area contributed by atoms with Gasteiger partial charge in [-0.2, -0.15) is 9.78 Å². The highest BCUT2D eigenvalue weighted by molar-refractivity contribution is 6.31. The van der Waals surface area contributed by atoms with E-state index < -0.39 is 0 Å². The first kappa shape index (κ1) is 29.0. The van der Waals surface area contributed by atoms with Gasteiger partial charge in [-0.15, -0.1) is 0 Å². The highest BCUT2D eigenvalue weighted by Crippen LogP contribution is 2.29. The van der Waals surface area contributed by atoms with Crippen molar-refractivity contribution in [3.05, 3.63) is 117 Å². The number of fused-ring (bicyclic) bond motifs is 2. The average Bonchev–Trinajstić information content (AvgIpc) is 3.44. The molecule has 11 heteroatoms. The molecule has 2 heterocycles. The van der Waals surface area contributed by atoms with Crippen LogP contribution in [0.25, 0.3) is 33.5 Å². The number of benzene rings is 4. The van der Waals surface area contributed by atoms with Crippen molar-refractivity contribution >= 4 is 68.6 Å². The molecule has 44 heavy (non-hydrogen) atoms. The summed E-state index contributed by atoms with van der Waals surface area (Å²) in [5, 5.41) is 9.61. The zero-order chi connectivity index (χ0) is 30.8. The molecule has 9 nitrogen and oxygen atoms in total. The number of carbonyl (C=O) groups excluding carboxylic acids is 1. The van der Waals surface area contributed by atoms with E-state index in [9.17, 15) is 9.59 Å². The third-order valence-electron chi connectivity index (χ3n) is 6.77. The summed E-state index contributed by atoms with van der Waals surface area (Å²) in [5.74, 6) is 0.605. The molecule has 0 fully saturated rings. The molecule has 1 N–H and O–H groups in total. The molecule has 0 aliphatic heterocycles. The van der Waals surface area contributed by atoms with Gasteiger partial charge in [0.05, 0.1) is 17.1 Å². The molecule has 0 bridgehead atoms. The van der Waals surface area contributed by atoms with Crippen LogP contribution in [0.2, 0.25) is 10.0 Å². The number of carbonyl (C=O) groups is 1. The summed E-state index contributed by atoms with van der Waals surface area (Å²) in [5.41, 5.74) is 2.70. The number of para-hydroxylation sites is 1. The molecule has 6 rings (SSSR count). The van der Waals surface area contributed by atoms with Crippen molar-refractivity contribution in [1.82, 2.24) is 9.66 Å². The SMILES string of the molecule is CN(C)c1ccc(C=Nn2c(-c3cc4cc(Cl)ccc4o3)nc3ccccc3c2=O)c(OCC(=O)Nc2ccc(Cl)cc2)c1. The first-order chi connectivity index (χ1) is 21.2. The summed E-state index contributed by atoms with van der Waals surface area (Å²) < 4.78 is 13.2. The van der Waals surface area contributed by atoms with Crippen LogP contribution in [0.5, 0.6) is 5.75 Å². The average molecular weight is 627 g/mol. The molecule has 1 amide bonds. The number of nitrogens with zero attached hydrogens (tertiary/aromatic N) is 4. The number of hydrogen-bond donors (Lipinski definition) is 1. The highest BCUT2D eigenvalue weighted by atomic mass is 35.5. The summed E-state index contributed by atoms with van der Waals surface area (Å²) in [6.07, 6.45) is 1.49. The van der Waals surface area contributed by atoms with Crippen LogP contribution in [0.15, 0.2) is 105 Å². The van der Waals surface area contributed by atoms with Gasteiger partial charge < -0.3 is 19.4 Å². The molecule has 0 aliphatic rings. The maximum Gasteiger partial charge on any atom is 0.282 e. The standard InChI is InChI=1S/C33H25Cl2N5O4/c1-39(2)25-13-7-20(29(17-25)43-19-31(41)37-24-11-8-22(34)9-12-24)18-36-40-32(38-27-6-4-3-5-26(27)33(40)42)30-16-21-15-23(35)10-14-28(21)44-30/h3-18H,19H2,1-2H3,(H,37,41). The van der Waals surface area contributed by atoms with E-state index in [0.717, 1.165) is 11.1 Å². The van der Waals surface area contributed by atoms with Crippen LogP contribution in [0.3, 0.4) is 0 Å². The van der Waals surface area contributed by atoms with E-state index >= 15 is 0 Å². The maximum absolute atomic E-state index is 13.7. The van der Waals surface area contributed by atoms with Crippen LogP contribution < -0.4 is 20.5 Å². The fraction of sp³-hybridized carbons (Fsp3) is 0.0909. The summed E-state index contributed by atoms with van der Waals surface area (Å²) in [7, 11) is 3.79. The molecular formula is C33H25Cl2N5O4. The fourth-order valence-corrected chi connectivity index (χ4v) is 4.85. The lowest BCUT2D eigenvalue weighted by Gasteiger charge is -2.16. The fourth-order valence-electron chi connectivity index (χ4n) is 4.54. The van der Waals surface area contributed by atoms with Gasteiger partial charge in [0, 0.05) is 52.5 Å². The largest absolute Gasteiger partial charge is 0.483 e. The van der Waals surface area contributed by atoms with Gasteiger partial charge >= 0.3 is 0 Å². The van der Waals surface area contributed by atoms with Gasteiger partial charge in [-0.05, 0) is 72.8 Å². The molecule has 4 aromatic carbocycles. The molecular weight excluding hydrogens is 601 g/mol. The van der Waals surface area contributed by atoms with Crippen LogP contribution in [0, 0.1) is 0 Å². The third-order valence-corrected chi connectivity index (χ3v) is 7.25. The molecule has 0 aliphatic carbocycles. The Morgan fingerprint density at radius 3 is 2.57 bits per heavy atom. The number of halogens is 2. The van der Waals surface area contributed by atoms with Crippen LogP contribution in [-0.4, -0.2) is 42.5 Å². The van der Waals surface area contributed by atoms with Gasteiger partial charge in [0.25, 0.3) is 11.5 Å². The lowest BCUT2D eigenvalue weighted by molar-refractivity contribution is -0.118. The predicted octanol–water partition coefficient (Wildman–Crippen LogP) is 7.08. The first-order valence-corrected chi connectivity index (χ1v) is 14.3. The topological polar surface area (TPSA) is 102 Å². The van der Waals surface area contributed by atoms with E-state index in [4.69, 9.17) is 37.3 Å². The number of anilines is 2. The molecule has 0 unspecified atom stereocenters. The van der Waals surface area contributed by atoms with Crippen LogP contribution in [0.1, 0.15) is 5.56 Å². The number of ether oxygens (including phenoxy) is 1. The van der Waals surface area contributed by atoms with Crippen molar-refractivity contribution in [3.63, 3.8) is 0 Å². The monoisotopic (exact) mass is 625 g/mol. The van der Waals surface area contributed by atoms with Gasteiger partial charge in [-0.1, -0.05) is 35.3 Å². The number of furan rings is 1. The maximum atomic E-state index is 13.7. The highest BCUT2D eigenvalue weighted by Gasteiger charge is 2.17. The van der Waals surface area contributed by atoms with Crippen LogP contribution in [-0.2, 0) is 4.79 Å². The quantitative estimate of drug-likeness (QED) is 0.181. The Morgan fingerprint density at radius 1 is 1.00 bits per heavy atom. The second kappa shape index (κ2) is 12.2. The number of nitrogens with one attached hydrogen (secondary N) is 1. The molecule has 0 saturated carbocycles. The summed E-state index contributed by atoms with van der Waals surface area (Å²) in [6, 6.07) is 26.3. The molecule has 0 saturated heterocycles. The number of rotatable bonds is 8. The van der Waals surface area contributed by atoms with Gasteiger partial charge in [-0.25, -0.2) is 4.98 Å². The predicted molar refractivity (Wildman–Crippen MR) is 176 cm³/mol. The van der Waals surface area contributed by atoms with E-state index in [1.807, 2.05) is 31.1 Å². The van der Waals surface area contributed by atoms with E-state index in [0.29, 0.717) is 49.3 Å². The second-order valence-corrected chi connectivity index (χ2v) is 10.9. The van der Waals surface area contributed by atoms with Crippen molar-refractivity contribution < 1.29 is 13.9 Å².